The molecule has 0 fully saturated rings. The molecule has 1 aromatic heterocycles. The number of nitrogens with one attached hydrogen (secondary N) is 1. The molecule has 1 aliphatic heterocycles. The monoisotopic (exact) mass is 290 g/mol. The molecule has 1 amide bonds. The van der Waals surface area contributed by atoms with Crippen LogP contribution >= 0.6 is 0 Å². The predicted octanol–water partition coefficient (Wildman–Crippen LogP) is 2.32. The van der Waals surface area contributed by atoms with Gasteiger partial charge >= 0.3 is 0 Å². The number of hydrogen-bond donors (Lipinski definition) is 1. The van der Waals surface area contributed by atoms with Crippen molar-refractivity contribution in [3.8, 4) is 0 Å². The highest BCUT2D eigenvalue weighted by Gasteiger charge is 2.26. The Morgan fingerprint density at radius 3 is 2.73 bits per heavy atom. The lowest BCUT2D eigenvalue weighted by atomic mass is 9.84. The topological polar surface area (TPSA) is 42.0 Å². The third kappa shape index (κ3) is 2.46. The molecule has 0 spiro atoms. The van der Waals surface area contributed by atoms with Gasteiger partial charge in [0.05, 0.1) is 5.69 Å². The van der Waals surface area contributed by atoms with Crippen LogP contribution in [0.15, 0.2) is 49.3 Å². The van der Waals surface area contributed by atoms with Crippen molar-refractivity contribution < 1.29 is 4.79 Å². The molecule has 3 nitrogen and oxygen atoms in total. The zero-order valence-corrected chi connectivity index (χ0v) is 12.5. The molecule has 0 radical (unpaired) electrons. The van der Waals surface area contributed by atoms with E-state index in [1.807, 2.05) is 31.2 Å². The first kappa shape index (κ1) is 14.3. The molecule has 3 heteroatoms. The summed E-state index contributed by atoms with van der Waals surface area (Å²) >= 11 is 0. The Kier molecular flexibility index (Phi) is 3.88. The van der Waals surface area contributed by atoms with Gasteiger partial charge < -0.3 is 5.32 Å². The number of nitrogens with zero attached hydrogens (tertiary/aromatic N) is 1. The largest absolute Gasteiger partial charge is 0.325 e. The van der Waals surface area contributed by atoms with Crippen molar-refractivity contribution in [3.05, 3.63) is 70.9 Å². The molecule has 1 unspecified atom stereocenters. The zero-order valence-electron chi connectivity index (χ0n) is 12.5. The van der Waals surface area contributed by atoms with Crippen molar-refractivity contribution >= 4 is 23.7 Å². The van der Waals surface area contributed by atoms with Crippen molar-refractivity contribution in [2.45, 2.75) is 19.3 Å². The van der Waals surface area contributed by atoms with Gasteiger partial charge in [-0.05, 0) is 35.4 Å². The summed E-state index contributed by atoms with van der Waals surface area (Å²) in [6.07, 6.45) is 9.76. The summed E-state index contributed by atoms with van der Waals surface area (Å²) in [4.78, 5) is 16.2. The van der Waals surface area contributed by atoms with Gasteiger partial charge in [-0.15, -0.1) is 0 Å². The molecule has 0 bridgehead atoms. The first-order valence-electron chi connectivity index (χ1n) is 7.36. The minimum Gasteiger partial charge on any atom is -0.325 e. The van der Waals surface area contributed by atoms with Crippen LogP contribution < -0.4 is 15.8 Å². The van der Waals surface area contributed by atoms with E-state index in [4.69, 9.17) is 0 Å². The normalized spacial score (nSPS) is 18.8. The Bertz CT molecular complexity index is 838. The number of anilines is 1. The van der Waals surface area contributed by atoms with Crippen molar-refractivity contribution in [2.75, 3.05) is 5.32 Å². The Morgan fingerprint density at radius 2 is 2.05 bits per heavy atom. The summed E-state index contributed by atoms with van der Waals surface area (Å²) in [5.41, 5.74) is 3.19. The number of fused-ring (bicyclic) bond motifs is 1. The van der Waals surface area contributed by atoms with E-state index < -0.39 is 0 Å². The van der Waals surface area contributed by atoms with Crippen molar-refractivity contribution in [2.24, 2.45) is 0 Å². The summed E-state index contributed by atoms with van der Waals surface area (Å²) in [6, 6.07) is 8.14. The molecule has 1 aliphatic rings. The summed E-state index contributed by atoms with van der Waals surface area (Å²) in [5.74, 6) is 0.122. The number of rotatable bonds is 2. The lowest BCUT2D eigenvalue weighted by molar-refractivity contribution is -0.116. The molecule has 2 heterocycles. The van der Waals surface area contributed by atoms with Crippen LogP contribution in [-0.2, 0) is 4.79 Å². The Balaban J connectivity index is 2.26. The van der Waals surface area contributed by atoms with Gasteiger partial charge in [-0.3, -0.25) is 9.78 Å². The highest BCUT2D eigenvalue weighted by molar-refractivity contribution is 5.95. The molecule has 22 heavy (non-hydrogen) atoms. The molecule has 0 saturated carbocycles. The van der Waals surface area contributed by atoms with E-state index in [9.17, 15) is 4.79 Å². The van der Waals surface area contributed by atoms with Crippen molar-refractivity contribution in [3.63, 3.8) is 0 Å². The van der Waals surface area contributed by atoms with Gasteiger partial charge in [0, 0.05) is 30.0 Å². The third-order valence-corrected chi connectivity index (χ3v) is 4.04. The maximum absolute atomic E-state index is 12.2. The summed E-state index contributed by atoms with van der Waals surface area (Å²) in [6.45, 7) is 5.74. The fourth-order valence-corrected chi connectivity index (χ4v) is 3.04. The molecule has 0 saturated heterocycles. The molecule has 2 aromatic rings. The minimum atomic E-state index is 0.0492. The van der Waals surface area contributed by atoms with Crippen LogP contribution in [0.1, 0.15) is 30.4 Å². The second kappa shape index (κ2) is 5.98. The van der Waals surface area contributed by atoms with Gasteiger partial charge in [-0.2, -0.15) is 0 Å². The van der Waals surface area contributed by atoms with Crippen LogP contribution in [-0.4, -0.2) is 10.9 Å². The van der Waals surface area contributed by atoms with Crippen molar-refractivity contribution in [1.29, 1.82) is 0 Å². The number of aromatic nitrogens is 1. The second-order valence-corrected chi connectivity index (χ2v) is 5.31. The van der Waals surface area contributed by atoms with Crippen LogP contribution in [0.2, 0.25) is 0 Å². The fourth-order valence-electron chi connectivity index (χ4n) is 3.04. The van der Waals surface area contributed by atoms with E-state index in [1.54, 1.807) is 18.5 Å². The van der Waals surface area contributed by atoms with Crippen LogP contribution in [0.4, 0.5) is 5.69 Å². The Labute approximate surface area is 129 Å². The maximum Gasteiger partial charge on any atom is 0.225 e. The third-order valence-electron chi connectivity index (χ3n) is 4.04. The average molecular weight is 290 g/mol. The number of allylic oxidation sites excluding steroid dienone is 1. The van der Waals surface area contributed by atoms with Crippen LogP contribution in [0.25, 0.3) is 12.2 Å². The first-order chi connectivity index (χ1) is 10.7. The number of pyridine rings is 1. The minimum absolute atomic E-state index is 0.0492. The molecule has 3 rings (SSSR count). The molecule has 110 valence electrons. The summed E-state index contributed by atoms with van der Waals surface area (Å²) in [7, 11) is 0. The van der Waals surface area contributed by atoms with Gasteiger partial charge in [-0.25, -0.2) is 0 Å². The highest BCUT2D eigenvalue weighted by Crippen LogP contribution is 2.34. The average Bonchev–Trinajstić information content (AvgIpc) is 2.55. The van der Waals surface area contributed by atoms with Gasteiger partial charge in [0.1, 0.15) is 0 Å². The lowest BCUT2D eigenvalue weighted by Gasteiger charge is -2.26. The van der Waals surface area contributed by atoms with Gasteiger partial charge in [-0.1, -0.05) is 36.9 Å². The lowest BCUT2D eigenvalue weighted by Crippen LogP contribution is -2.35. The maximum atomic E-state index is 12.2. The van der Waals surface area contributed by atoms with Crippen LogP contribution in [0.5, 0.6) is 0 Å². The fraction of sp³-hybridized carbons (Fsp3) is 0.158. The molecule has 1 N–H and O–H groups in total. The van der Waals surface area contributed by atoms with Gasteiger partial charge in [0.25, 0.3) is 0 Å². The van der Waals surface area contributed by atoms with Crippen LogP contribution in [0, 0.1) is 0 Å². The second-order valence-electron chi connectivity index (χ2n) is 5.31. The first-order valence-corrected chi connectivity index (χ1v) is 7.36. The number of amides is 1. The van der Waals surface area contributed by atoms with E-state index in [1.165, 1.54) is 0 Å². The van der Waals surface area contributed by atoms with Gasteiger partial charge in [0.15, 0.2) is 0 Å². The van der Waals surface area contributed by atoms with E-state index in [0.717, 1.165) is 27.3 Å². The number of hydrogen-bond acceptors (Lipinski definition) is 2. The quantitative estimate of drug-likeness (QED) is 0.922. The van der Waals surface area contributed by atoms with Gasteiger partial charge in [0.2, 0.25) is 5.91 Å². The Hall–Kier alpha value is -2.68. The SMILES string of the molecule is C=C/C=c1/ccc2c(/c1=C/C)NC(=O)CC2c1ccncc1. The van der Waals surface area contributed by atoms with E-state index in [0.29, 0.717) is 6.42 Å². The standard InChI is InChI=1S/C19H18N2O/c1-3-5-13-6-7-16-17(14-8-10-20-11-9-14)12-18(22)21-19(16)15(13)4-2/h3-11,17H,1,12H2,2H3,(H,21,22)/b13-5-,15-4+. The van der Waals surface area contributed by atoms with E-state index >= 15 is 0 Å². The zero-order chi connectivity index (χ0) is 15.5. The van der Waals surface area contributed by atoms with Crippen LogP contribution in [0.3, 0.4) is 0 Å². The molecule has 0 aliphatic carbocycles. The summed E-state index contributed by atoms with van der Waals surface area (Å²) in [5, 5.41) is 5.15. The number of carbonyl (C=O) groups is 1. The highest BCUT2D eigenvalue weighted by atomic mass is 16.1. The van der Waals surface area contributed by atoms with E-state index in [2.05, 4.69) is 29.0 Å². The van der Waals surface area contributed by atoms with E-state index in [-0.39, 0.29) is 11.8 Å². The Morgan fingerprint density at radius 1 is 1.27 bits per heavy atom. The molecule has 1 aromatic carbocycles. The molecular weight excluding hydrogens is 272 g/mol. The van der Waals surface area contributed by atoms with Crippen molar-refractivity contribution in [1.82, 2.24) is 4.98 Å². The molecule has 1 atom stereocenters. The predicted molar refractivity (Wildman–Crippen MR) is 89.8 cm³/mol. The smallest absolute Gasteiger partial charge is 0.225 e. The molecular formula is C19H18N2O. The number of benzene rings is 1. The summed E-state index contributed by atoms with van der Waals surface area (Å²) < 4.78 is 0. The number of carbonyl (C=O) groups excluding carboxylic acids is 1.